The topological polar surface area (TPSA) is 228 Å². The summed E-state index contributed by atoms with van der Waals surface area (Å²) in [5.41, 5.74) is 20.5. The van der Waals surface area contributed by atoms with Crippen LogP contribution in [0.1, 0.15) is 453 Å². The van der Waals surface area contributed by atoms with E-state index in [9.17, 15) is 8.42 Å². The van der Waals surface area contributed by atoms with Crippen LogP contribution in [0.2, 0.25) is 54.6 Å². The molecule has 0 aliphatic carbocycles. The number of sulfonamides is 1. The van der Waals surface area contributed by atoms with Gasteiger partial charge in [-0.1, -0.05) is 494 Å². The van der Waals surface area contributed by atoms with Gasteiger partial charge in [-0.05, 0) is 69.4 Å². The summed E-state index contributed by atoms with van der Waals surface area (Å²) in [6.45, 7) is 130. The van der Waals surface area contributed by atoms with E-state index in [2.05, 4.69) is 227 Å². The molecule has 0 spiro atoms. The summed E-state index contributed by atoms with van der Waals surface area (Å²) in [6.07, 6.45) is 12.5. The van der Waals surface area contributed by atoms with Gasteiger partial charge < -0.3 is 33.0 Å². The van der Waals surface area contributed by atoms with E-state index in [4.69, 9.17) is 5.11 Å². The predicted molar refractivity (Wildman–Crippen MR) is 577 cm³/mol. The zero-order valence-corrected chi connectivity index (χ0v) is 95.8. The first-order valence-corrected chi connectivity index (χ1v) is 46.3. The third-order valence-corrected chi connectivity index (χ3v) is 2.15. The first-order chi connectivity index (χ1) is 53.0. The molecule has 0 saturated carbocycles. The van der Waals surface area contributed by atoms with Gasteiger partial charge in [-0.15, -0.1) is 0 Å². The second-order valence-electron chi connectivity index (χ2n) is 8.96. The Bertz CT molecular complexity index is 438. The first kappa shape index (κ1) is 301. The molecule has 0 aliphatic heterocycles. The molecule has 0 aromatic rings. The van der Waals surface area contributed by atoms with Crippen molar-refractivity contribution in [3.63, 3.8) is 0 Å². The predicted octanol–water partition coefficient (Wildman–Crippen LogP) is 30.5. The van der Waals surface area contributed by atoms with Crippen molar-refractivity contribution in [1.82, 2.24) is 20.8 Å². The van der Waals surface area contributed by atoms with E-state index in [1.54, 1.807) is 34.3 Å². The van der Waals surface area contributed by atoms with Crippen molar-refractivity contribution < 1.29 is 18.4 Å². The van der Waals surface area contributed by atoms with Crippen molar-refractivity contribution in [2.24, 2.45) is 27.9 Å². The van der Waals surface area contributed by atoms with Gasteiger partial charge in [0.2, 0.25) is 10.0 Å². The summed E-state index contributed by atoms with van der Waals surface area (Å²) in [7, 11) is 47.4. The number of nitrogens with one attached hydrogen (secondary N) is 4. The molecule has 0 saturated heterocycles. The van der Waals surface area contributed by atoms with Crippen LogP contribution in [-0.2, 0) is 14.9 Å². The fourth-order valence-electron chi connectivity index (χ4n) is 0.144. The maximum absolute atomic E-state index is 9.89. The minimum atomic E-state index is -2.91. The standard InChI is InChI=1S/C3H10N2O.C3H9NO.C3H7N.8C3H8.C2H7NO2S.20C2H6.8CH3B.4CH5N/c1-4-3-6-5-2;1-3(5)4-2;1-3-4-2;8*1-3-2;1-3-6(2,4)5;32*1-2/h4-5H,3H2,1-2H3;3-5H,1-2H3;3H,1-2H3;8*3H2,1-2H3;3H,1-2H3;20*1-2H3;8*1H3;4*2H2,1H3. The SMILES string of the molecule is CC.CC.CC.CC.CC.CC.CC.CC.CC.CC.CC.CC.CC.CC.CC.CC.CC.CC.CC.CC.CC=NC.CCC.CCC.CCC.CCC.CCC.CCC.CCC.CCC.CN.CN.CN.CN.CNC(C)O.CNCONC.CNS(C)(=O)=O.[B]C.[B]C.[B]C.[B]C.[B]C.[B]C.[B]C.[B]C. The molecule has 16 radical (unpaired) electrons. The molecule has 0 aromatic carbocycles. The van der Waals surface area contributed by atoms with Crippen LogP contribution in [0, 0.1) is 0 Å². The minimum Gasteiger partial charge on any atom is -0.379 e. The fraction of sp³-hybridized carbons (Fsp3) is 0.989. The zero-order chi connectivity index (χ0) is 103. The lowest BCUT2D eigenvalue weighted by Crippen LogP contribution is -2.19. The van der Waals surface area contributed by atoms with Crippen LogP contribution in [-0.4, -0.2) is 165 Å². The molecule has 0 rings (SSSR count). The number of rotatable bonds is 5. The molecule has 0 fully saturated rings. The van der Waals surface area contributed by atoms with Gasteiger partial charge in [0.25, 0.3) is 0 Å². The number of hydrogen-bond donors (Lipinski definition) is 9. The number of hydrogen-bond acceptors (Lipinski definition) is 12. The van der Waals surface area contributed by atoms with Crippen LogP contribution in [0.5, 0.6) is 0 Å². The quantitative estimate of drug-likeness (QED) is 0.0413. The molecular weight excluding hydrogens is 1350 g/mol. The van der Waals surface area contributed by atoms with Crippen LogP contribution in [0.15, 0.2) is 4.99 Å². The summed E-state index contributed by atoms with van der Waals surface area (Å²) in [4.78, 5) is 8.23. The van der Waals surface area contributed by atoms with Crippen molar-refractivity contribution in [3.05, 3.63) is 0 Å². The van der Waals surface area contributed by atoms with Gasteiger partial charge in [0.1, 0.15) is 13.0 Å². The van der Waals surface area contributed by atoms with Crippen LogP contribution in [0.4, 0.5) is 0 Å². The highest BCUT2D eigenvalue weighted by Crippen LogP contribution is 1.63. The smallest absolute Gasteiger partial charge is 0.208 e. The monoisotopic (exact) mass is 1620 g/mol. The Morgan fingerprint density at radius 1 is 0.312 bits per heavy atom. The number of hydroxylamine groups is 1. The van der Waals surface area contributed by atoms with E-state index in [1.807, 2.05) is 291 Å². The van der Waals surface area contributed by atoms with Gasteiger partial charge in [0.05, 0.1) is 69.0 Å². The molecule has 0 heterocycles. The lowest BCUT2D eigenvalue weighted by Gasteiger charge is -1.95. The van der Waals surface area contributed by atoms with Crippen molar-refractivity contribution in [2.45, 2.75) is 514 Å². The summed E-state index contributed by atoms with van der Waals surface area (Å²) in [6, 6.07) is 0. The van der Waals surface area contributed by atoms with E-state index >= 15 is 0 Å². The van der Waals surface area contributed by atoms with Crippen molar-refractivity contribution in [1.29, 1.82) is 0 Å². The van der Waals surface area contributed by atoms with E-state index in [-0.39, 0.29) is 6.23 Å². The molecule has 708 valence electrons. The summed E-state index contributed by atoms with van der Waals surface area (Å²) in [5.74, 6) is 0. The number of aliphatic hydroxyl groups is 1. The Morgan fingerprint density at radius 2 is 0.376 bits per heavy atom. The summed E-state index contributed by atoms with van der Waals surface area (Å²) < 4.78 is 21.9. The van der Waals surface area contributed by atoms with E-state index < -0.39 is 10.0 Å². The number of aliphatic hydroxyl groups excluding tert-OH is 1. The maximum atomic E-state index is 9.89. The molecule has 13 nitrogen and oxygen atoms in total. The number of nitrogens with two attached hydrogens (primary N) is 4. The lowest BCUT2D eigenvalue weighted by molar-refractivity contribution is 0.0480. The largest absolute Gasteiger partial charge is 0.379 e. The Kier molecular flexibility index (Phi) is 5540. The van der Waals surface area contributed by atoms with Gasteiger partial charge >= 0.3 is 0 Å². The Balaban J connectivity index is -0.00000000950. The van der Waals surface area contributed by atoms with Crippen LogP contribution >= 0.6 is 0 Å². The van der Waals surface area contributed by atoms with Crippen molar-refractivity contribution in [2.75, 3.05) is 76.4 Å². The molecule has 0 aromatic heterocycles. The molecule has 22 heteroatoms. The average molecular weight is 1620 g/mol. The maximum Gasteiger partial charge on any atom is 0.208 e. The van der Waals surface area contributed by atoms with E-state index in [1.165, 1.54) is 141 Å². The molecule has 109 heavy (non-hydrogen) atoms. The van der Waals surface area contributed by atoms with Gasteiger partial charge in [-0.25, -0.2) is 18.6 Å². The molecule has 1 unspecified atom stereocenters. The van der Waals surface area contributed by atoms with Crippen molar-refractivity contribution >= 4 is 79.0 Å². The summed E-state index contributed by atoms with van der Waals surface area (Å²) in [5, 5.41) is 13.6. The van der Waals surface area contributed by atoms with Gasteiger partial charge in [0, 0.05) is 14.1 Å². The fourth-order valence-corrected chi connectivity index (χ4v) is 0.144. The second kappa shape index (κ2) is 2010. The minimum absolute atomic E-state index is 0.366. The van der Waals surface area contributed by atoms with Crippen LogP contribution in [0.3, 0.4) is 0 Å². The third-order valence-electron chi connectivity index (χ3n) is 1.41. The molecule has 0 aliphatic rings. The van der Waals surface area contributed by atoms with Crippen molar-refractivity contribution in [3.8, 4) is 0 Å². The highest BCUT2D eigenvalue weighted by atomic mass is 32.2. The van der Waals surface area contributed by atoms with E-state index in [0.717, 1.165) is 6.26 Å². The Hall–Kier alpha value is -0.261. The highest BCUT2D eigenvalue weighted by molar-refractivity contribution is 7.88. The molecular formula is C87H261B8N9O4S. The Labute approximate surface area is 732 Å². The molecule has 13 N–H and O–H groups in total. The molecule has 1 atom stereocenters. The first-order valence-electron chi connectivity index (χ1n) is 44.4. The number of nitrogens with zero attached hydrogens (tertiary/aromatic N) is 1. The van der Waals surface area contributed by atoms with Crippen LogP contribution in [0.25, 0.3) is 0 Å². The zero-order valence-electron chi connectivity index (χ0n) is 95.0. The van der Waals surface area contributed by atoms with Gasteiger partial charge in [-0.3, -0.25) is 15.5 Å². The lowest BCUT2D eigenvalue weighted by atomic mass is 10.2. The second-order valence-corrected chi connectivity index (χ2v) is 10.9. The summed E-state index contributed by atoms with van der Waals surface area (Å²) >= 11 is 0. The van der Waals surface area contributed by atoms with Crippen LogP contribution < -0.4 is 43.8 Å². The van der Waals surface area contributed by atoms with Gasteiger partial charge in [-0.2, -0.15) is 0 Å². The van der Waals surface area contributed by atoms with E-state index in [0.29, 0.717) is 6.73 Å². The third kappa shape index (κ3) is 15800. The highest BCUT2D eigenvalue weighted by Gasteiger charge is 1.88. The van der Waals surface area contributed by atoms with Gasteiger partial charge in [0.15, 0.2) is 0 Å². The average Bonchev–Trinajstić information content (AvgIpc) is 1.05. The molecule has 0 amide bonds. The normalized spacial score (nSPS) is 5.18. The molecule has 0 bridgehead atoms. The number of aliphatic imine (C=N–C) groups is 1. The Morgan fingerprint density at radius 3 is 0.385 bits per heavy atom.